The highest BCUT2D eigenvalue weighted by atomic mass is 32.2. The fraction of sp³-hybridized carbons (Fsp3) is 0.632. The molecule has 1 heterocycles. The van der Waals surface area contributed by atoms with Crippen LogP contribution in [-0.4, -0.2) is 57.8 Å². The van der Waals surface area contributed by atoms with Crippen molar-refractivity contribution in [2.75, 3.05) is 26.2 Å². The summed E-state index contributed by atoms with van der Waals surface area (Å²) < 4.78 is 66.9. The van der Waals surface area contributed by atoms with E-state index in [0.29, 0.717) is 5.92 Å². The van der Waals surface area contributed by atoms with E-state index in [1.165, 1.54) is 6.42 Å². The normalized spacial score (nSPS) is 19.3. The number of alkyl halides is 3. The molecule has 0 spiro atoms. The molecule has 1 saturated heterocycles. The van der Waals surface area contributed by atoms with Crippen molar-refractivity contribution in [3.63, 3.8) is 0 Å². The molecule has 0 radical (unpaired) electrons. The molecule has 1 amide bonds. The first-order valence-corrected chi connectivity index (χ1v) is 11.3. The van der Waals surface area contributed by atoms with Gasteiger partial charge < -0.3 is 15.0 Å². The van der Waals surface area contributed by atoms with Crippen molar-refractivity contribution in [2.24, 2.45) is 5.92 Å². The van der Waals surface area contributed by atoms with E-state index < -0.39 is 22.1 Å². The molecule has 0 bridgehead atoms. The number of amides is 1. The maximum Gasteiger partial charge on any atom is 0.573 e. The average Bonchev–Trinajstić information content (AvgIpc) is 2.60. The molecule has 170 valence electrons. The van der Waals surface area contributed by atoms with Gasteiger partial charge >= 0.3 is 6.36 Å². The standard InChI is InChI=1S/C19H28F3N3O4S/c1-14-4-3-11-25(12-14)13-15(2)24-18(26)9-10-23-30(27,28)17-7-5-16(6-8-17)29-19(20,21)22/h5-8,14-15,23H,3-4,9-13H2,1-2H3,(H,24,26). The predicted octanol–water partition coefficient (Wildman–Crippen LogP) is 2.49. The van der Waals surface area contributed by atoms with E-state index in [1.54, 1.807) is 0 Å². The number of carbonyl (C=O) groups is 1. The van der Waals surface area contributed by atoms with Gasteiger partial charge in [0.2, 0.25) is 15.9 Å². The number of likely N-dealkylation sites (tertiary alicyclic amines) is 1. The number of benzene rings is 1. The summed E-state index contributed by atoms with van der Waals surface area (Å²) in [6, 6.07) is 3.78. The highest BCUT2D eigenvalue weighted by molar-refractivity contribution is 7.89. The van der Waals surface area contributed by atoms with Gasteiger partial charge in [-0.1, -0.05) is 6.92 Å². The highest BCUT2D eigenvalue weighted by Gasteiger charge is 2.31. The van der Waals surface area contributed by atoms with Crippen LogP contribution in [0.3, 0.4) is 0 Å². The molecule has 0 aromatic heterocycles. The van der Waals surface area contributed by atoms with Crippen molar-refractivity contribution >= 4 is 15.9 Å². The molecule has 1 aliphatic heterocycles. The molecule has 2 rings (SSSR count). The van der Waals surface area contributed by atoms with Gasteiger partial charge in [0.15, 0.2) is 0 Å². The zero-order chi connectivity index (χ0) is 22.4. The van der Waals surface area contributed by atoms with E-state index >= 15 is 0 Å². The lowest BCUT2D eigenvalue weighted by Crippen LogP contribution is -2.45. The SMILES string of the molecule is CC1CCCN(CC(C)NC(=O)CCNS(=O)(=O)c2ccc(OC(F)(F)F)cc2)C1. The van der Waals surface area contributed by atoms with Crippen molar-refractivity contribution in [3.05, 3.63) is 24.3 Å². The van der Waals surface area contributed by atoms with Crippen molar-refractivity contribution in [3.8, 4) is 5.75 Å². The first kappa shape index (κ1) is 24.4. The lowest BCUT2D eigenvalue weighted by atomic mass is 10.00. The van der Waals surface area contributed by atoms with Gasteiger partial charge in [-0.2, -0.15) is 0 Å². The second-order valence-electron chi connectivity index (χ2n) is 7.64. The Labute approximate surface area is 175 Å². The summed E-state index contributed by atoms with van der Waals surface area (Å²) in [5.74, 6) is -0.146. The molecule has 11 heteroatoms. The Morgan fingerprint density at radius 2 is 1.97 bits per heavy atom. The van der Waals surface area contributed by atoms with Gasteiger partial charge in [-0.15, -0.1) is 13.2 Å². The maximum atomic E-state index is 12.2. The van der Waals surface area contributed by atoms with E-state index in [2.05, 4.69) is 26.6 Å². The Morgan fingerprint density at radius 3 is 2.57 bits per heavy atom. The van der Waals surface area contributed by atoms with Crippen LogP contribution in [0.2, 0.25) is 0 Å². The van der Waals surface area contributed by atoms with Crippen LogP contribution in [-0.2, 0) is 14.8 Å². The second kappa shape index (κ2) is 10.5. The van der Waals surface area contributed by atoms with Crippen LogP contribution in [0, 0.1) is 5.92 Å². The van der Waals surface area contributed by atoms with Crippen LogP contribution in [0.5, 0.6) is 5.75 Å². The van der Waals surface area contributed by atoms with Crippen LogP contribution < -0.4 is 14.8 Å². The highest BCUT2D eigenvalue weighted by Crippen LogP contribution is 2.23. The number of sulfonamides is 1. The minimum atomic E-state index is -4.85. The molecule has 1 aromatic rings. The van der Waals surface area contributed by atoms with E-state index in [-0.39, 0.29) is 29.8 Å². The van der Waals surface area contributed by atoms with E-state index in [1.807, 2.05) is 6.92 Å². The molecule has 2 atom stereocenters. The molecule has 2 N–H and O–H groups in total. The Morgan fingerprint density at radius 1 is 1.30 bits per heavy atom. The average molecular weight is 452 g/mol. The zero-order valence-electron chi connectivity index (χ0n) is 17.0. The van der Waals surface area contributed by atoms with Gasteiger partial charge in [0.25, 0.3) is 0 Å². The Hall–Kier alpha value is -1.85. The quantitative estimate of drug-likeness (QED) is 0.602. The van der Waals surface area contributed by atoms with E-state index in [4.69, 9.17) is 0 Å². The molecular formula is C19H28F3N3O4S. The second-order valence-corrected chi connectivity index (χ2v) is 9.41. The summed E-state index contributed by atoms with van der Waals surface area (Å²) >= 11 is 0. The van der Waals surface area contributed by atoms with Gasteiger partial charge in [0.05, 0.1) is 4.90 Å². The van der Waals surface area contributed by atoms with Crippen molar-refractivity contribution in [2.45, 2.75) is 50.4 Å². The van der Waals surface area contributed by atoms with E-state index in [0.717, 1.165) is 50.3 Å². The van der Waals surface area contributed by atoms with Crippen molar-refractivity contribution < 1.29 is 31.1 Å². The molecule has 0 aliphatic carbocycles. The summed E-state index contributed by atoms with van der Waals surface area (Å²) in [5.41, 5.74) is 0. The number of ether oxygens (including phenoxy) is 1. The molecule has 1 fully saturated rings. The third kappa shape index (κ3) is 8.49. The lowest BCUT2D eigenvalue weighted by molar-refractivity contribution is -0.274. The number of nitrogens with one attached hydrogen (secondary N) is 2. The van der Waals surface area contributed by atoms with Crippen LogP contribution in [0.4, 0.5) is 13.2 Å². The number of hydrogen-bond donors (Lipinski definition) is 2. The largest absolute Gasteiger partial charge is 0.573 e. The van der Waals surface area contributed by atoms with Crippen molar-refractivity contribution in [1.29, 1.82) is 0 Å². The van der Waals surface area contributed by atoms with Gasteiger partial charge in [-0.3, -0.25) is 4.79 Å². The first-order valence-electron chi connectivity index (χ1n) is 9.82. The third-order valence-electron chi connectivity index (χ3n) is 4.69. The van der Waals surface area contributed by atoms with Crippen LogP contribution in [0.25, 0.3) is 0 Å². The summed E-state index contributed by atoms with van der Waals surface area (Å²) in [4.78, 5) is 14.2. The monoisotopic (exact) mass is 451 g/mol. The first-order chi connectivity index (χ1) is 13.9. The third-order valence-corrected chi connectivity index (χ3v) is 6.17. The van der Waals surface area contributed by atoms with Crippen LogP contribution in [0.15, 0.2) is 29.2 Å². The maximum absolute atomic E-state index is 12.2. The van der Waals surface area contributed by atoms with Gasteiger partial charge in [0, 0.05) is 32.1 Å². The topological polar surface area (TPSA) is 87.7 Å². The Kier molecular flexibility index (Phi) is 8.51. The summed E-state index contributed by atoms with van der Waals surface area (Å²) in [5, 5.41) is 2.86. The Bertz CT molecular complexity index is 800. The number of halogens is 3. The molecule has 1 aromatic carbocycles. The number of hydrogen-bond acceptors (Lipinski definition) is 5. The lowest BCUT2D eigenvalue weighted by Gasteiger charge is -2.32. The number of piperidine rings is 1. The van der Waals surface area contributed by atoms with Gasteiger partial charge in [0.1, 0.15) is 5.75 Å². The van der Waals surface area contributed by atoms with Crippen LogP contribution >= 0.6 is 0 Å². The van der Waals surface area contributed by atoms with E-state index in [9.17, 15) is 26.4 Å². The molecule has 30 heavy (non-hydrogen) atoms. The summed E-state index contributed by atoms with van der Waals surface area (Å²) in [6.45, 7) is 6.75. The number of nitrogens with zero attached hydrogens (tertiary/aromatic N) is 1. The van der Waals surface area contributed by atoms with Crippen LogP contribution in [0.1, 0.15) is 33.1 Å². The fourth-order valence-electron chi connectivity index (χ4n) is 3.44. The van der Waals surface area contributed by atoms with Gasteiger partial charge in [-0.05, 0) is 56.5 Å². The van der Waals surface area contributed by atoms with Crippen molar-refractivity contribution in [1.82, 2.24) is 14.9 Å². The summed E-state index contributed by atoms with van der Waals surface area (Å²) in [6.07, 6.45) is -2.53. The zero-order valence-corrected chi connectivity index (χ0v) is 17.9. The molecule has 2 unspecified atom stereocenters. The number of rotatable bonds is 9. The summed E-state index contributed by atoms with van der Waals surface area (Å²) in [7, 11) is -3.95. The molecule has 7 nitrogen and oxygen atoms in total. The fourth-order valence-corrected chi connectivity index (χ4v) is 4.47. The number of carbonyl (C=O) groups excluding carboxylic acids is 1. The molecular weight excluding hydrogens is 423 g/mol. The van der Waals surface area contributed by atoms with Gasteiger partial charge in [-0.25, -0.2) is 13.1 Å². The minimum absolute atomic E-state index is 0.0464. The molecule has 0 saturated carbocycles. The Balaban J connectivity index is 1.75. The smallest absolute Gasteiger partial charge is 0.406 e. The predicted molar refractivity (Wildman–Crippen MR) is 105 cm³/mol. The molecule has 1 aliphatic rings. The minimum Gasteiger partial charge on any atom is -0.406 e.